The molecule has 1 aromatic rings. The number of carbonyl (C=O) groups is 2. The van der Waals surface area contributed by atoms with E-state index in [1.54, 1.807) is 0 Å². The van der Waals surface area contributed by atoms with Gasteiger partial charge in [0, 0.05) is 0 Å². The number of carboxylic acids is 2. The van der Waals surface area contributed by atoms with Gasteiger partial charge in [-0.15, -0.1) is 0 Å². The molecule has 0 unspecified atom stereocenters. The van der Waals surface area contributed by atoms with Gasteiger partial charge in [-0.05, 0) is 91.8 Å². The lowest BCUT2D eigenvalue weighted by molar-refractivity contribution is -0.159. The molecular weight excluding hydrogens is 402 g/mol. The molecule has 0 spiro atoms. The van der Waals surface area contributed by atoms with E-state index in [9.17, 15) is 0 Å². The van der Waals surface area contributed by atoms with Gasteiger partial charge >= 0.3 is 11.9 Å². The molecule has 146 valence electrons. The van der Waals surface area contributed by atoms with Crippen molar-refractivity contribution < 1.29 is 24.5 Å². The smallest absolute Gasteiger partial charge is 0.414 e. The van der Waals surface area contributed by atoms with E-state index < -0.39 is 11.9 Å². The molecule has 0 aromatic heterocycles. The van der Waals surface area contributed by atoms with Crippen LogP contribution in [0.25, 0.3) is 0 Å². The third-order valence-corrected chi connectivity index (χ3v) is 4.89. The molecule has 1 heterocycles. The molecule has 0 bridgehead atoms. The summed E-state index contributed by atoms with van der Waals surface area (Å²) in [4.78, 5) is 20.8. The van der Waals surface area contributed by atoms with Crippen LogP contribution in [0, 0.1) is 12.8 Å². The SMILES string of the molecule is Cc1ccc(OCCCCN2CCC(C)CC2)c(Br)c1.O=C(O)C(=O)O. The Morgan fingerprint density at radius 1 is 1.19 bits per heavy atom. The molecule has 1 fully saturated rings. The molecule has 1 aliphatic heterocycles. The quantitative estimate of drug-likeness (QED) is 0.527. The third-order valence-electron chi connectivity index (χ3n) is 4.27. The van der Waals surface area contributed by atoms with E-state index in [-0.39, 0.29) is 0 Å². The van der Waals surface area contributed by atoms with Crippen LogP contribution >= 0.6 is 15.9 Å². The Morgan fingerprint density at radius 2 is 1.81 bits per heavy atom. The first-order valence-electron chi connectivity index (χ1n) is 8.87. The molecule has 0 aliphatic carbocycles. The fraction of sp³-hybridized carbons (Fsp3) is 0.579. The number of ether oxygens (including phenoxy) is 1. The van der Waals surface area contributed by atoms with Gasteiger partial charge < -0.3 is 19.8 Å². The maximum absolute atomic E-state index is 9.10. The second kappa shape index (κ2) is 11.9. The van der Waals surface area contributed by atoms with Crippen LogP contribution in [0.5, 0.6) is 5.75 Å². The summed E-state index contributed by atoms with van der Waals surface area (Å²) >= 11 is 3.55. The van der Waals surface area contributed by atoms with Gasteiger partial charge in [-0.25, -0.2) is 9.59 Å². The summed E-state index contributed by atoms with van der Waals surface area (Å²) in [5, 5.41) is 14.8. The monoisotopic (exact) mass is 429 g/mol. The van der Waals surface area contributed by atoms with Crippen molar-refractivity contribution in [3.63, 3.8) is 0 Å². The van der Waals surface area contributed by atoms with Crippen molar-refractivity contribution in [1.29, 1.82) is 0 Å². The van der Waals surface area contributed by atoms with E-state index in [1.807, 2.05) is 6.07 Å². The zero-order valence-electron chi connectivity index (χ0n) is 15.4. The van der Waals surface area contributed by atoms with Crippen LogP contribution in [0.2, 0.25) is 0 Å². The maximum Gasteiger partial charge on any atom is 0.414 e. The van der Waals surface area contributed by atoms with Gasteiger partial charge in [0.1, 0.15) is 5.75 Å². The van der Waals surface area contributed by atoms with E-state index in [0.29, 0.717) is 0 Å². The van der Waals surface area contributed by atoms with Crippen LogP contribution in [0.1, 0.15) is 38.2 Å². The topological polar surface area (TPSA) is 87.1 Å². The van der Waals surface area contributed by atoms with Crippen molar-refractivity contribution in [2.45, 2.75) is 39.5 Å². The van der Waals surface area contributed by atoms with Gasteiger partial charge in [0.05, 0.1) is 11.1 Å². The molecule has 0 atom stereocenters. The number of aliphatic carboxylic acids is 2. The highest BCUT2D eigenvalue weighted by Gasteiger charge is 2.14. The number of rotatable bonds is 6. The third kappa shape index (κ3) is 9.20. The molecule has 2 rings (SSSR count). The molecule has 26 heavy (non-hydrogen) atoms. The van der Waals surface area contributed by atoms with Crippen molar-refractivity contribution in [1.82, 2.24) is 4.90 Å². The molecular formula is C19H28BrNO5. The summed E-state index contributed by atoms with van der Waals surface area (Å²) < 4.78 is 6.89. The van der Waals surface area contributed by atoms with Crippen LogP contribution in [0.4, 0.5) is 0 Å². The number of piperidine rings is 1. The van der Waals surface area contributed by atoms with Crippen LogP contribution in [-0.2, 0) is 9.59 Å². The van der Waals surface area contributed by atoms with E-state index in [4.69, 9.17) is 24.5 Å². The average molecular weight is 430 g/mol. The summed E-state index contributed by atoms with van der Waals surface area (Å²) in [5.41, 5.74) is 1.25. The molecule has 0 saturated carbocycles. The van der Waals surface area contributed by atoms with Crippen LogP contribution in [-0.4, -0.2) is 53.3 Å². The maximum atomic E-state index is 9.10. The lowest BCUT2D eigenvalue weighted by Gasteiger charge is -2.30. The van der Waals surface area contributed by atoms with Gasteiger partial charge in [0.25, 0.3) is 0 Å². The molecule has 1 saturated heterocycles. The van der Waals surface area contributed by atoms with E-state index >= 15 is 0 Å². The second-order valence-corrected chi connectivity index (χ2v) is 7.48. The highest BCUT2D eigenvalue weighted by Crippen LogP contribution is 2.25. The number of halogens is 1. The van der Waals surface area contributed by atoms with Crippen LogP contribution < -0.4 is 4.74 Å². The van der Waals surface area contributed by atoms with Crippen LogP contribution in [0.3, 0.4) is 0 Å². The predicted molar refractivity (Wildman–Crippen MR) is 104 cm³/mol. The number of nitrogens with zero attached hydrogens (tertiary/aromatic N) is 1. The highest BCUT2D eigenvalue weighted by atomic mass is 79.9. The zero-order chi connectivity index (χ0) is 19.5. The Kier molecular flexibility index (Phi) is 10.3. The summed E-state index contributed by atoms with van der Waals surface area (Å²) in [5.74, 6) is -1.76. The number of likely N-dealkylation sites (tertiary alicyclic amines) is 1. The number of hydrogen-bond acceptors (Lipinski definition) is 4. The van der Waals surface area contributed by atoms with Gasteiger partial charge in [0.15, 0.2) is 0 Å². The first-order chi connectivity index (χ1) is 12.3. The lowest BCUT2D eigenvalue weighted by Crippen LogP contribution is -2.33. The zero-order valence-corrected chi connectivity index (χ0v) is 17.0. The minimum absolute atomic E-state index is 0.811. The molecule has 7 heteroatoms. The highest BCUT2D eigenvalue weighted by molar-refractivity contribution is 9.10. The molecule has 1 aliphatic rings. The first-order valence-corrected chi connectivity index (χ1v) is 9.66. The lowest BCUT2D eigenvalue weighted by atomic mass is 9.99. The van der Waals surface area contributed by atoms with Crippen molar-refractivity contribution >= 4 is 27.9 Å². The van der Waals surface area contributed by atoms with E-state index in [2.05, 4.69) is 46.8 Å². The van der Waals surface area contributed by atoms with Gasteiger partial charge in [0.2, 0.25) is 0 Å². The molecule has 0 amide bonds. The fourth-order valence-corrected chi connectivity index (χ4v) is 3.24. The molecule has 6 nitrogen and oxygen atoms in total. The minimum Gasteiger partial charge on any atom is -0.492 e. The van der Waals surface area contributed by atoms with Crippen molar-refractivity contribution in [2.75, 3.05) is 26.2 Å². The Hall–Kier alpha value is -1.60. The van der Waals surface area contributed by atoms with Gasteiger partial charge in [-0.3, -0.25) is 0 Å². The van der Waals surface area contributed by atoms with E-state index in [1.165, 1.54) is 44.5 Å². The van der Waals surface area contributed by atoms with Crippen LogP contribution in [0.15, 0.2) is 22.7 Å². The number of carboxylic acid groups (broad SMARTS) is 2. The van der Waals surface area contributed by atoms with Crippen molar-refractivity contribution in [2.24, 2.45) is 5.92 Å². The van der Waals surface area contributed by atoms with Gasteiger partial charge in [-0.1, -0.05) is 13.0 Å². The van der Waals surface area contributed by atoms with Gasteiger partial charge in [-0.2, -0.15) is 0 Å². The standard InChI is InChI=1S/C17H26BrNO.C2H2O4/c1-14-7-10-19(11-8-14)9-3-4-12-20-17-6-5-15(2)13-16(17)18;3-1(4)2(5)6/h5-6,13-14H,3-4,7-12H2,1-2H3;(H,3,4)(H,5,6). The summed E-state index contributed by atoms with van der Waals surface area (Å²) in [6.45, 7) is 9.06. The number of unbranched alkanes of at least 4 members (excludes halogenated alkanes) is 1. The predicted octanol–water partition coefficient (Wildman–Crippen LogP) is 3.80. The Bertz CT molecular complexity index is 573. The van der Waals surface area contributed by atoms with E-state index in [0.717, 1.165) is 29.2 Å². The Labute approximate surface area is 163 Å². The largest absolute Gasteiger partial charge is 0.492 e. The second-order valence-electron chi connectivity index (χ2n) is 6.62. The minimum atomic E-state index is -1.82. The number of aryl methyl sites for hydroxylation is 1. The number of benzene rings is 1. The molecule has 2 N–H and O–H groups in total. The van der Waals surface area contributed by atoms with Crippen molar-refractivity contribution in [3.8, 4) is 5.75 Å². The summed E-state index contributed by atoms with van der Waals surface area (Å²) in [7, 11) is 0. The molecule has 0 radical (unpaired) electrons. The number of hydrogen-bond donors (Lipinski definition) is 2. The Balaban J connectivity index is 0.000000487. The first kappa shape index (κ1) is 22.4. The summed E-state index contributed by atoms with van der Waals surface area (Å²) in [6.07, 6.45) is 5.10. The molecule has 1 aromatic carbocycles. The Morgan fingerprint density at radius 3 is 2.35 bits per heavy atom. The normalized spacial score (nSPS) is 15.0. The van der Waals surface area contributed by atoms with Crippen molar-refractivity contribution in [3.05, 3.63) is 28.2 Å². The average Bonchev–Trinajstić information content (AvgIpc) is 2.58. The fourth-order valence-electron chi connectivity index (χ4n) is 2.63. The summed E-state index contributed by atoms with van der Waals surface area (Å²) in [6, 6.07) is 6.24.